The SMILES string of the molecule is O=C(c1ccccn1)[C@]12Cc3cnn(-c4ccc(F)cc4)c3C=C1CCN(S(=O)(=O)c1cccc(Cl)c1)C2. The van der Waals surface area contributed by atoms with Gasteiger partial charge in [0.15, 0.2) is 5.78 Å². The molecule has 10 heteroatoms. The first kappa shape index (κ1) is 24.7. The number of hydrogen-bond acceptors (Lipinski definition) is 5. The molecule has 0 unspecified atom stereocenters. The standard InChI is InChI=1S/C28H22ClFN4O3S/c29-21-4-3-5-24(15-21)38(36,37)33-13-11-20-14-26-19(17-32-34(26)23-9-7-22(30)8-10-23)16-28(20,18-33)27(35)25-6-1-2-12-31-25/h1-10,12,14-15,17H,11,13,16,18H2/t28-/m0/s1. The lowest BCUT2D eigenvalue weighted by Gasteiger charge is -2.44. The third-order valence-corrected chi connectivity index (χ3v) is 9.29. The number of Topliss-reactive ketones (excluding diaryl/α,β-unsaturated/α-hetero) is 1. The van der Waals surface area contributed by atoms with Crippen LogP contribution < -0.4 is 0 Å². The summed E-state index contributed by atoms with van der Waals surface area (Å²) >= 11 is 6.09. The van der Waals surface area contributed by atoms with Gasteiger partial charge < -0.3 is 0 Å². The van der Waals surface area contributed by atoms with Crippen LogP contribution in [0.4, 0.5) is 4.39 Å². The highest BCUT2D eigenvalue weighted by molar-refractivity contribution is 7.89. The maximum Gasteiger partial charge on any atom is 0.243 e. The summed E-state index contributed by atoms with van der Waals surface area (Å²) in [7, 11) is -3.92. The van der Waals surface area contributed by atoms with Gasteiger partial charge in [0.25, 0.3) is 0 Å². The van der Waals surface area contributed by atoms with Crippen LogP contribution in [0.25, 0.3) is 11.8 Å². The van der Waals surface area contributed by atoms with Crippen molar-refractivity contribution in [2.45, 2.75) is 17.7 Å². The van der Waals surface area contributed by atoms with E-state index in [0.717, 1.165) is 16.8 Å². The molecular weight excluding hydrogens is 527 g/mol. The first-order chi connectivity index (χ1) is 18.3. The molecule has 192 valence electrons. The maximum absolute atomic E-state index is 14.1. The van der Waals surface area contributed by atoms with Gasteiger partial charge in [-0.3, -0.25) is 9.78 Å². The molecule has 0 spiro atoms. The van der Waals surface area contributed by atoms with Crippen LogP contribution in [-0.2, 0) is 16.4 Å². The Bertz CT molecular complexity index is 1690. The first-order valence-corrected chi connectivity index (χ1v) is 13.9. The number of rotatable bonds is 5. The third kappa shape index (κ3) is 4.07. The summed E-state index contributed by atoms with van der Waals surface area (Å²) in [4.78, 5) is 18.5. The van der Waals surface area contributed by atoms with E-state index in [4.69, 9.17) is 11.6 Å². The Hall–Kier alpha value is -3.66. The Morgan fingerprint density at radius 1 is 1.05 bits per heavy atom. The van der Waals surface area contributed by atoms with Gasteiger partial charge in [-0.15, -0.1) is 0 Å². The van der Waals surface area contributed by atoms with Crippen molar-refractivity contribution in [1.82, 2.24) is 19.1 Å². The Morgan fingerprint density at radius 3 is 2.61 bits per heavy atom. The molecule has 6 rings (SSSR count). The number of carbonyl (C=O) groups excluding carboxylic acids is 1. The largest absolute Gasteiger partial charge is 0.291 e. The van der Waals surface area contributed by atoms with Crippen LogP contribution in [0.2, 0.25) is 5.02 Å². The lowest BCUT2D eigenvalue weighted by molar-refractivity contribution is 0.0770. The van der Waals surface area contributed by atoms with Gasteiger partial charge in [-0.1, -0.05) is 29.3 Å². The normalized spacial score (nSPS) is 19.4. The van der Waals surface area contributed by atoms with Crippen molar-refractivity contribution in [3.63, 3.8) is 0 Å². The van der Waals surface area contributed by atoms with Crippen molar-refractivity contribution in [2.24, 2.45) is 5.41 Å². The number of ketones is 1. The van der Waals surface area contributed by atoms with E-state index in [0.29, 0.717) is 17.1 Å². The minimum Gasteiger partial charge on any atom is -0.291 e. The van der Waals surface area contributed by atoms with E-state index in [2.05, 4.69) is 10.1 Å². The fraction of sp³-hybridized carbons (Fsp3) is 0.179. The number of pyridine rings is 1. The van der Waals surface area contributed by atoms with Crippen molar-refractivity contribution >= 4 is 33.5 Å². The predicted molar refractivity (Wildman–Crippen MR) is 141 cm³/mol. The number of fused-ring (bicyclic) bond motifs is 2. The van der Waals surface area contributed by atoms with Crippen molar-refractivity contribution in [1.29, 1.82) is 0 Å². The molecule has 2 aromatic carbocycles. The van der Waals surface area contributed by atoms with Crippen LogP contribution in [0.3, 0.4) is 0 Å². The second-order valence-corrected chi connectivity index (χ2v) is 11.8. The molecule has 0 amide bonds. The summed E-state index contributed by atoms with van der Waals surface area (Å²) in [5, 5.41) is 4.84. The molecule has 0 radical (unpaired) electrons. The van der Waals surface area contributed by atoms with Crippen LogP contribution >= 0.6 is 11.6 Å². The van der Waals surface area contributed by atoms with Gasteiger partial charge in [-0.05, 0) is 79.1 Å². The molecule has 1 saturated heterocycles. The fourth-order valence-corrected chi connectivity index (χ4v) is 7.13. The van der Waals surface area contributed by atoms with Gasteiger partial charge in [0, 0.05) is 24.3 Å². The smallest absolute Gasteiger partial charge is 0.243 e. The van der Waals surface area contributed by atoms with Crippen molar-refractivity contribution in [3.8, 4) is 5.69 Å². The summed E-state index contributed by atoms with van der Waals surface area (Å²) in [6, 6.07) is 17.3. The molecule has 2 aromatic heterocycles. The number of aromatic nitrogens is 3. The van der Waals surface area contributed by atoms with E-state index in [1.165, 1.54) is 28.6 Å². The number of piperidine rings is 1. The molecule has 1 aliphatic carbocycles. The van der Waals surface area contributed by atoms with E-state index in [1.54, 1.807) is 59.5 Å². The topological polar surface area (TPSA) is 85.2 Å². The van der Waals surface area contributed by atoms with Gasteiger partial charge >= 0.3 is 0 Å². The van der Waals surface area contributed by atoms with Crippen LogP contribution in [0, 0.1) is 11.2 Å². The molecular formula is C28H22ClFN4O3S. The quantitative estimate of drug-likeness (QED) is 0.329. The molecule has 3 heterocycles. The summed E-state index contributed by atoms with van der Waals surface area (Å²) in [5.41, 5.74) is 2.22. The highest BCUT2D eigenvalue weighted by Crippen LogP contribution is 2.47. The van der Waals surface area contributed by atoms with E-state index >= 15 is 0 Å². The number of carbonyl (C=O) groups is 1. The fourth-order valence-electron chi connectivity index (χ4n) is 5.33. The summed E-state index contributed by atoms with van der Waals surface area (Å²) in [6.07, 6.45) is 5.78. The molecule has 7 nitrogen and oxygen atoms in total. The molecule has 4 aromatic rings. The Labute approximate surface area is 224 Å². The van der Waals surface area contributed by atoms with E-state index in [9.17, 15) is 17.6 Å². The van der Waals surface area contributed by atoms with Crippen molar-refractivity contribution in [2.75, 3.05) is 13.1 Å². The van der Waals surface area contributed by atoms with Gasteiger partial charge in [0.1, 0.15) is 11.5 Å². The Morgan fingerprint density at radius 2 is 1.87 bits per heavy atom. The second kappa shape index (κ2) is 9.27. The summed E-state index contributed by atoms with van der Waals surface area (Å²) in [6.45, 7) is 0.169. The highest BCUT2D eigenvalue weighted by Gasteiger charge is 2.51. The lowest BCUT2D eigenvalue weighted by atomic mass is 9.65. The predicted octanol–water partition coefficient (Wildman–Crippen LogP) is 4.96. The first-order valence-electron chi connectivity index (χ1n) is 12.0. The van der Waals surface area contributed by atoms with Crippen molar-refractivity contribution < 1.29 is 17.6 Å². The zero-order valence-electron chi connectivity index (χ0n) is 20.1. The second-order valence-electron chi connectivity index (χ2n) is 9.46. The molecule has 1 aliphatic heterocycles. The molecule has 38 heavy (non-hydrogen) atoms. The average Bonchev–Trinajstić information content (AvgIpc) is 3.34. The van der Waals surface area contributed by atoms with Gasteiger partial charge in [0.2, 0.25) is 10.0 Å². The number of benzene rings is 2. The molecule has 0 N–H and O–H groups in total. The Kier molecular flexibility index (Phi) is 6.02. The number of hydrogen-bond donors (Lipinski definition) is 0. The van der Waals surface area contributed by atoms with Gasteiger partial charge in [0.05, 0.1) is 27.9 Å². The number of nitrogens with zero attached hydrogens (tertiary/aromatic N) is 4. The lowest BCUT2D eigenvalue weighted by Crippen LogP contribution is -2.53. The van der Waals surface area contributed by atoms with E-state index < -0.39 is 15.4 Å². The minimum absolute atomic E-state index is 0.0374. The molecule has 1 atom stereocenters. The van der Waals surface area contributed by atoms with E-state index in [1.807, 2.05) is 6.08 Å². The van der Waals surface area contributed by atoms with Crippen LogP contribution in [0.15, 0.2) is 89.6 Å². The molecule has 2 aliphatic rings. The minimum atomic E-state index is -3.92. The zero-order valence-corrected chi connectivity index (χ0v) is 21.7. The van der Waals surface area contributed by atoms with E-state index in [-0.39, 0.29) is 41.7 Å². The monoisotopic (exact) mass is 548 g/mol. The molecule has 0 bridgehead atoms. The Balaban J connectivity index is 1.45. The van der Waals surface area contributed by atoms with Crippen LogP contribution in [-0.4, -0.2) is 46.4 Å². The van der Waals surface area contributed by atoms with Gasteiger partial charge in [-0.2, -0.15) is 9.40 Å². The number of halogens is 2. The van der Waals surface area contributed by atoms with Gasteiger partial charge in [-0.25, -0.2) is 17.5 Å². The highest BCUT2D eigenvalue weighted by atomic mass is 35.5. The zero-order chi connectivity index (χ0) is 26.5. The molecule has 1 fully saturated rings. The van der Waals surface area contributed by atoms with Crippen molar-refractivity contribution in [3.05, 3.63) is 112 Å². The number of sulfonamides is 1. The van der Waals surface area contributed by atoms with Crippen LogP contribution in [0.5, 0.6) is 0 Å². The summed E-state index contributed by atoms with van der Waals surface area (Å²) in [5.74, 6) is -0.586. The maximum atomic E-state index is 14.1. The summed E-state index contributed by atoms with van der Waals surface area (Å²) < 4.78 is 43.9. The van der Waals surface area contributed by atoms with Crippen LogP contribution in [0.1, 0.15) is 28.2 Å². The average molecular weight is 549 g/mol. The molecule has 0 saturated carbocycles. The third-order valence-electron chi connectivity index (χ3n) is 7.22.